The van der Waals surface area contributed by atoms with Crippen molar-refractivity contribution in [1.29, 1.82) is 0 Å². The predicted octanol–water partition coefficient (Wildman–Crippen LogP) is 2.37. The highest BCUT2D eigenvalue weighted by Gasteiger charge is 2.32. The first-order valence-corrected chi connectivity index (χ1v) is 8.57. The molecule has 0 spiro atoms. The van der Waals surface area contributed by atoms with Crippen LogP contribution in [0.5, 0.6) is 0 Å². The maximum Gasteiger partial charge on any atom is 0.336 e. The summed E-state index contributed by atoms with van der Waals surface area (Å²) < 4.78 is 0. The van der Waals surface area contributed by atoms with Gasteiger partial charge in [0, 0.05) is 36.8 Å². The smallest absolute Gasteiger partial charge is 0.336 e. The summed E-state index contributed by atoms with van der Waals surface area (Å²) in [4.78, 5) is 22.3. The number of carbonyl (C=O) groups is 1. The molecule has 2 aromatic heterocycles. The molecule has 2 N–H and O–H groups in total. The van der Waals surface area contributed by atoms with Crippen LogP contribution in [0.2, 0.25) is 0 Å². The summed E-state index contributed by atoms with van der Waals surface area (Å²) >= 11 is 0. The Balaban J connectivity index is 1.63. The maximum atomic E-state index is 11.7. The molecule has 132 valence electrons. The molecule has 1 saturated heterocycles. The molecule has 6 heteroatoms. The average molecular weight is 349 g/mol. The number of hydrogen-bond acceptors (Lipinski definition) is 5. The topological polar surface area (TPSA) is 86.5 Å². The van der Waals surface area contributed by atoms with Gasteiger partial charge in [0.1, 0.15) is 5.82 Å². The first kappa shape index (κ1) is 16.5. The Morgan fingerprint density at radius 2 is 1.92 bits per heavy atom. The molecule has 2 atom stereocenters. The van der Waals surface area contributed by atoms with E-state index in [9.17, 15) is 15.0 Å². The zero-order valence-corrected chi connectivity index (χ0v) is 14.1. The third-order valence-electron chi connectivity index (χ3n) is 4.91. The highest BCUT2D eigenvalue weighted by Crippen LogP contribution is 2.29. The SMILES string of the molecule is O=C(O)c1cc(N2C[C@@H](Cc3ccncc3)[C@H](O)C2)nc2ccccc12. The highest BCUT2D eigenvalue weighted by atomic mass is 16.4. The zero-order chi connectivity index (χ0) is 18.1. The van der Waals surface area contributed by atoms with Crippen LogP contribution in [0.15, 0.2) is 54.9 Å². The quantitative estimate of drug-likeness (QED) is 0.752. The second kappa shape index (κ2) is 6.72. The minimum absolute atomic E-state index is 0.0685. The number of carboxylic acid groups (broad SMARTS) is 1. The predicted molar refractivity (Wildman–Crippen MR) is 98.4 cm³/mol. The Morgan fingerprint density at radius 3 is 2.69 bits per heavy atom. The number of fused-ring (bicyclic) bond motifs is 1. The Kier molecular flexibility index (Phi) is 4.26. The standard InChI is InChI=1S/C20H19N3O3/c24-18-12-23(11-14(18)9-13-5-7-21-8-6-13)19-10-16(20(25)26)15-3-1-2-4-17(15)22-19/h1-8,10,14,18,24H,9,11-12H2,(H,25,26)/t14-,18-/m1/s1. The van der Waals surface area contributed by atoms with Crippen LogP contribution in [-0.2, 0) is 6.42 Å². The van der Waals surface area contributed by atoms with Gasteiger partial charge in [-0.25, -0.2) is 9.78 Å². The molecular weight excluding hydrogens is 330 g/mol. The van der Waals surface area contributed by atoms with Crippen molar-refractivity contribution in [3.63, 3.8) is 0 Å². The van der Waals surface area contributed by atoms with E-state index in [1.165, 1.54) is 0 Å². The van der Waals surface area contributed by atoms with Crippen molar-refractivity contribution in [3.8, 4) is 0 Å². The minimum atomic E-state index is -0.974. The third kappa shape index (κ3) is 3.11. The number of aliphatic hydroxyl groups is 1. The summed E-state index contributed by atoms with van der Waals surface area (Å²) in [5.41, 5.74) is 2.01. The fourth-order valence-electron chi connectivity index (χ4n) is 3.56. The molecule has 0 radical (unpaired) electrons. The van der Waals surface area contributed by atoms with Crippen molar-refractivity contribution in [1.82, 2.24) is 9.97 Å². The number of nitrogens with zero attached hydrogens (tertiary/aromatic N) is 3. The molecule has 3 aromatic rings. The summed E-state index contributed by atoms with van der Waals surface area (Å²) in [5, 5.41) is 20.6. The van der Waals surface area contributed by atoms with E-state index in [4.69, 9.17) is 0 Å². The number of pyridine rings is 2. The van der Waals surface area contributed by atoms with Crippen LogP contribution in [0.25, 0.3) is 10.9 Å². The summed E-state index contributed by atoms with van der Waals surface area (Å²) in [6, 6.07) is 12.7. The van der Waals surface area contributed by atoms with Gasteiger partial charge in [-0.05, 0) is 36.2 Å². The van der Waals surface area contributed by atoms with E-state index in [0.717, 1.165) is 12.0 Å². The van der Waals surface area contributed by atoms with Gasteiger partial charge in [-0.3, -0.25) is 4.98 Å². The van der Waals surface area contributed by atoms with Gasteiger partial charge >= 0.3 is 5.97 Å². The Morgan fingerprint density at radius 1 is 1.15 bits per heavy atom. The van der Waals surface area contributed by atoms with Gasteiger partial charge < -0.3 is 15.1 Å². The molecule has 3 heterocycles. The number of aliphatic hydroxyl groups excluding tert-OH is 1. The molecule has 6 nitrogen and oxygen atoms in total. The van der Waals surface area contributed by atoms with Gasteiger partial charge in [0.15, 0.2) is 0 Å². The van der Waals surface area contributed by atoms with Gasteiger partial charge in [0.05, 0.1) is 17.2 Å². The van der Waals surface area contributed by atoms with E-state index < -0.39 is 12.1 Å². The van der Waals surface area contributed by atoms with Crippen LogP contribution in [-0.4, -0.2) is 45.3 Å². The number of carboxylic acids is 1. The molecule has 0 aliphatic carbocycles. The second-order valence-electron chi connectivity index (χ2n) is 6.64. The van der Waals surface area contributed by atoms with Gasteiger partial charge in [-0.1, -0.05) is 18.2 Å². The minimum Gasteiger partial charge on any atom is -0.478 e. The maximum absolute atomic E-state index is 11.7. The lowest BCUT2D eigenvalue weighted by Crippen LogP contribution is -2.22. The van der Waals surface area contributed by atoms with Crippen molar-refractivity contribution in [2.45, 2.75) is 12.5 Å². The number of aromatic carboxylic acids is 1. The van der Waals surface area contributed by atoms with Crippen LogP contribution in [0.1, 0.15) is 15.9 Å². The van der Waals surface area contributed by atoms with E-state index >= 15 is 0 Å². The molecule has 0 saturated carbocycles. The number of benzene rings is 1. The molecular formula is C20H19N3O3. The lowest BCUT2D eigenvalue weighted by atomic mass is 9.97. The van der Waals surface area contributed by atoms with E-state index in [1.807, 2.05) is 29.2 Å². The van der Waals surface area contributed by atoms with Gasteiger partial charge in [-0.2, -0.15) is 0 Å². The van der Waals surface area contributed by atoms with Crippen LogP contribution in [0.4, 0.5) is 5.82 Å². The normalized spacial score (nSPS) is 19.8. The molecule has 0 amide bonds. The number of aromatic nitrogens is 2. The lowest BCUT2D eigenvalue weighted by molar-refractivity contribution is 0.0699. The number of rotatable bonds is 4. The molecule has 1 fully saturated rings. The summed E-state index contributed by atoms with van der Waals surface area (Å²) in [6.45, 7) is 1.08. The summed E-state index contributed by atoms with van der Waals surface area (Å²) in [7, 11) is 0. The summed E-state index contributed by atoms with van der Waals surface area (Å²) in [6.07, 6.45) is 3.76. The van der Waals surface area contributed by atoms with Crippen LogP contribution in [0.3, 0.4) is 0 Å². The van der Waals surface area contributed by atoms with Crippen molar-refractivity contribution >= 4 is 22.7 Å². The van der Waals surface area contributed by atoms with E-state index in [-0.39, 0.29) is 11.5 Å². The van der Waals surface area contributed by atoms with Crippen molar-refractivity contribution in [2.75, 3.05) is 18.0 Å². The highest BCUT2D eigenvalue weighted by molar-refractivity contribution is 6.03. The van der Waals surface area contributed by atoms with Crippen molar-refractivity contribution in [2.24, 2.45) is 5.92 Å². The first-order valence-electron chi connectivity index (χ1n) is 8.57. The Hall–Kier alpha value is -2.99. The number of hydrogen-bond donors (Lipinski definition) is 2. The fourth-order valence-corrected chi connectivity index (χ4v) is 3.56. The number of para-hydroxylation sites is 1. The molecule has 4 rings (SSSR count). The van der Waals surface area contributed by atoms with E-state index in [0.29, 0.717) is 29.8 Å². The average Bonchev–Trinajstić information content (AvgIpc) is 3.02. The van der Waals surface area contributed by atoms with Gasteiger partial charge in [0.2, 0.25) is 0 Å². The third-order valence-corrected chi connectivity index (χ3v) is 4.91. The Bertz CT molecular complexity index is 945. The van der Waals surface area contributed by atoms with Crippen LogP contribution in [0, 0.1) is 5.92 Å². The van der Waals surface area contributed by atoms with Crippen molar-refractivity contribution in [3.05, 3.63) is 66.0 Å². The van der Waals surface area contributed by atoms with Crippen LogP contribution < -0.4 is 4.90 Å². The molecule has 26 heavy (non-hydrogen) atoms. The molecule has 0 bridgehead atoms. The fraction of sp³-hybridized carbons (Fsp3) is 0.250. The van der Waals surface area contributed by atoms with Crippen molar-refractivity contribution < 1.29 is 15.0 Å². The molecule has 1 aliphatic rings. The lowest BCUT2D eigenvalue weighted by Gasteiger charge is -2.18. The van der Waals surface area contributed by atoms with Crippen LogP contribution >= 0.6 is 0 Å². The first-order chi connectivity index (χ1) is 12.6. The summed E-state index contributed by atoms with van der Waals surface area (Å²) in [5.74, 6) is -0.311. The van der Waals surface area contributed by atoms with E-state index in [1.54, 1.807) is 30.6 Å². The number of anilines is 1. The Labute approximate surface area is 150 Å². The second-order valence-corrected chi connectivity index (χ2v) is 6.64. The molecule has 1 aliphatic heterocycles. The molecule has 0 unspecified atom stereocenters. The molecule has 1 aromatic carbocycles. The largest absolute Gasteiger partial charge is 0.478 e. The monoisotopic (exact) mass is 349 g/mol. The van der Waals surface area contributed by atoms with Gasteiger partial charge in [0.25, 0.3) is 0 Å². The van der Waals surface area contributed by atoms with E-state index in [2.05, 4.69) is 9.97 Å². The number of β-amino-alcohol motifs (C(OH)–C–C–N with tert-alkyl or cyclic N) is 1. The van der Waals surface area contributed by atoms with Gasteiger partial charge in [-0.15, -0.1) is 0 Å². The zero-order valence-electron chi connectivity index (χ0n) is 14.1.